The SMILES string of the molecule is CCC(C)(C)NC(C)c1ccc2cc(OC)ccc2c1. The van der Waals surface area contributed by atoms with E-state index >= 15 is 0 Å². The van der Waals surface area contributed by atoms with Gasteiger partial charge in [-0.2, -0.15) is 0 Å². The van der Waals surface area contributed by atoms with Crippen molar-refractivity contribution in [1.29, 1.82) is 0 Å². The second-order valence-corrected chi connectivity index (χ2v) is 6.08. The van der Waals surface area contributed by atoms with E-state index in [4.69, 9.17) is 4.74 Å². The van der Waals surface area contributed by atoms with Crippen LogP contribution in [-0.4, -0.2) is 12.6 Å². The Morgan fingerprint density at radius 1 is 1.10 bits per heavy atom. The van der Waals surface area contributed by atoms with E-state index in [-0.39, 0.29) is 5.54 Å². The van der Waals surface area contributed by atoms with Crippen LogP contribution in [-0.2, 0) is 0 Å². The minimum absolute atomic E-state index is 0.161. The van der Waals surface area contributed by atoms with Gasteiger partial charge in [0, 0.05) is 11.6 Å². The Morgan fingerprint density at radius 3 is 2.40 bits per heavy atom. The predicted molar refractivity (Wildman–Crippen MR) is 86.4 cm³/mol. The minimum atomic E-state index is 0.161. The van der Waals surface area contributed by atoms with Gasteiger partial charge in [0.2, 0.25) is 0 Å². The summed E-state index contributed by atoms with van der Waals surface area (Å²) in [6.07, 6.45) is 1.11. The van der Waals surface area contributed by atoms with Crippen LogP contribution in [0.2, 0.25) is 0 Å². The van der Waals surface area contributed by atoms with Crippen LogP contribution >= 0.6 is 0 Å². The molecule has 2 rings (SSSR count). The van der Waals surface area contributed by atoms with Gasteiger partial charge < -0.3 is 10.1 Å². The Morgan fingerprint density at radius 2 is 1.75 bits per heavy atom. The molecule has 0 bridgehead atoms. The quantitative estimate of drug-likeness (QED) is 0.852. The number of methoxy groups -OCH3 is 1. The second-order valence-electron chi connectivity index (χ2n) is 6.08. The predicted octanol–water partition coefficient (Wildman–Crippen LogP) is 4.69. The molecule has 1 atom stereocenters. The van der Waals surface area contributed by atoms with E-state index in [0.717, 1.165) is 12.2 Å². The highest BCUT2D eigenvalue weighted by Gasteiger charge is 2.18. The summed E-state index contributed by atoms with van der Waals surface area (Å²) in [5.74, 6) is 0.906. The van der Waals surface area contributed by atoms with Gasteiger partial charge >= 0.3 is 0 Å². The number of hydrogen-bond donors (Lipinski definition) is 1. The molecule has 0 amide bonds. The molecule has 20 heavy (non-hydrogen) atoms. The highest BCUT2D eigenvalue weighted by molar-refractivity contribution is 5.84. The van der Waals surface area contributed by atoms with Gasteiger partial charge in [0.1, 0.15) is 5.75 Å². The summed E-state index contributed by atoms with van der Waals surface area (Å²) in [6.45, 7) is 8.93. The Labute approximate surface area is 122 Å². The molecular formula is C18H25NO. The fourth-order valence-corrected chi connectivity index (χ4v) is 2.41. The van der Waals surface area contributed by atoms with Crippen molar-refractivity contribution in [3.05, 3.63) is 42.0 Å². The number of fused-ring (bicyclic) bond motifs is 1. The Bertz CT molecular complexity index is 589. The zero-order valence-corrected chi connectivity index (χ0v) is 13.2. The van der Waals surface area contributed by atoms with Crippen molar-refractivity contribution in [2.24, 2.45) is 0 Å². The maximum Gasteiger partial charge on any atom is 0.119 e. The van der Waals surface area contributed by atoms with Crippen molar-refractivity contribution in [3.63, 3.8) is 0 Å². The fourth-order valence-electron chi connectivity index (χ4n) is 2.41. The van der Waals surface area contributed by atoms with Crippen molar-refractivity contribution in [3.8, 4) is 5.75 Å². The number of rotatable bonds is 5. The first-order valence-electron chi connectivity index (χ1n) is 7.30. The van der Waals surface area contributed by atoms with Gasteiger partial charge in [-0.15, -0.1) is 0 Å². The third-order valence-corrected chi connectivity index (χ3v) is 4.06. The van der Waals surface area contributed by atoms with Crippen molar-refractivity contribution >= 4 is 10.8 Å². The monoisotopic (exact) mass is 271 g/mol. The molecule has 2 aromatic carbocycles. The lowest BCUT2D eigenvalue weighted by atomic mass is 9.97. The van der Waals surface area contributed by atoms with E-state index < -0.39 is 0 Å². The van der Waals surface area contributed by atoms with Crippen molar-refractivity contribution < 1.29 is 4.74 Å². The van der Waals surface area contributed by atoms with Gasteiger partial charge in [-0.1, -0.05) is 25.1 Å². The lowest BCUT2D eigenvalue weighted by Crippen LogP contribution is -2.40. The van der Waals surface area contributed by atoms with Crippen LogP contribution in [0.1, 0.15) is 45.7 Å². The molecule has 0 spiro atoms. The summed E-state index contributed by atoms with van der Waals surface area (Å²) in [5, 5.41) is 6.16. The van der Waals surface area contributed by atoms with E-state index in [1.165, 1.54) is 16.3 Å². The summed E-state index contributed by atoms with van der Waals surface area (Å²) < 4.78 is 5.27. The van der Waals surface area contributed by atoms with Crippen LogP contribution < -0.4 is 10.1 Å². The van der Waals surface area contributed by atoms with E-state index in [2.05, 4.69) is 63.3 Å². The molecule has 0 aliphatic rings. The van der Waals surface area contributed by atoms with E-state index in [9.17, 15) is 0 Å². The molecule has 2 aromatic rings. The third-order valence-electron chi connectivity index (χ3n) is 4.06. The fraction of sp³-hybridized carbons (Fsp3) is 0.444. The van der Waals surface area contributed by atoms with Crippen LogP contribution in [0, 0.1) is 0 Å². The smallest absolute Gasteiger partial charge is 0.119 e. The van der Waals surface area contributed by atoms with E-state index in [0.29, 0.717) is 6.04 Å². The van der Waals surface area contributed by atoms with E-state index in [1.54, 1.807) is 7.11 Å². The number of ether oxygens (including phenoxy) is 1. The summed E-state index contributed by atoms with van der Waals surface area (Å²) >= 11 is 0. The van der Waals surface area contributed by atoms with Gasteiger partial charge in [0.05, 0.1) is 7.11 Å². The van der Waals surface area contributed by atoms with Crippen LogP contribution in [0.5, 0.6) is 5.75 Å². The summed E-state index contributed by atoms with van der Waals surface area (Å²) in [6, 6.07) is 13.2. The molecular weight excluding hydrogens is 246 g/mol. The molecule has 2 nitrogen and oxygen atoms in total. The highest BCUT2D eigenvalue weighted by atomic mass is 16.5. The summed E-state index contributed by atoms with van der Waals surface area (Å²) in [7, 11) is 1.70. The molecule has 0 radical (unpaired) electrons. The third kappa shape index (κ3) is 3.31. The van der Waals surface area contributed by atoms with Crippen molar-refractivity contribution in [1.82, 2.24) is 5.32 Å². The molecule has 0 aromatic heterocycles. The molecule has 0 fully saturated rings. The van der Waals surface area contributed by atoms with Crippen LogP contribution in [0.15, 0.2) is 36.4 Å². The lowest BCUT2D eigenvalue weighted by molar-refractivity contribution is 0.338. The molecule has 0 aliphatic carbocycles. The standard InChI is InChI=1S/C18H25NO/c1-6-18(3,4)19-13(2)14-7-8-16-12-17(20-5)10-9-15(16)11-14/h7-13,19H,6H2,1-5H3. The Kier molecular flexibility index (Phi) is 4.34. The first-order chi connectivity index (χ1) is 9.45. The molecule has 0 saturated carbocycles. The van der Waals surface area contributed by atoms with Gasteiger partial charge in [0.25, 0.3) is 0 Å². The first kappa shape index (κ1) is 14.9. The maximum absolute atomic E-state index is 5.27. The molecule has 1 unspecified atom stereocenters. The molecule has 0 saturated heterocycles. The Hall–Kier alpha value is -1.54. The average molecular weight is 271 g/mol. The molecule has 0 heterocycles. The zero-order valence-electron chi connectivity index (χ0n) is 13.2. The highest BCUT2D eigenvalue weighted by Crippen LogP contribution is 2.25. The minimum Gasteiger partial charge on any atom is -0.497 e. The maximum atomic E-state index is 5.27. The second kappa shape index (κ2) is 5.84. The van der Waals surface area contributed by atoms with Gasteiger partial charge in [-0.05, 0) is 61.7 Å². The number of nitrogens with one attached hydrogen (secondary N) is 1. The van der Waals surface area contributed by atoms with Gasteiger partial charge in [-0.3, -0.25) is 0 Å². The number of benzene rings is 2. The first-order valence-corrected chi connectivity index (χ1v) is 7.30. The van der Waals surface area contributed by atoms with Crippen LogP contribution in [0.3, 0.4) is 0 Å². The zero-order chi connectivity index (χ0) is 14.8. The van der Waals surface area contributed by atoms with E-state index in [1.807, 2.05) is 6.07 Å². The molecule has 0 aliphatic heterocycles. The van der Waals surface area contributed by atoms with Crippen molar-refractivity contribution in [2.75, 3.05) is 7.11 Å². The topological polar surface area (TPSA) is 21.3 Å². The summed E-state index contributed by atoms with van der Waals surface area (Å²) in [5.41, 5.74) is 1.48. The number of hydrogen-bond acceptors (Lipinski definition) is 2. The largest absolute Gasteiger partial charge is 0.497 e. The van der Waals surface area contributed by atoms with Crippen LogP contribution in [0.4, 0.5) is 0 Å². The molecule has 108 valence electrons. The molecule has 1 N–H and O–H groups in total. The van der Waals surface area contributed by atoms with Gasteiger partial charge in [0.15, 0.2) is 0 Å². The lowest BCUT2D eigenvalue weighted by Gasteiger charge is -2.29. The van der Waals surface area contributed by atoms with Crippen LogP contribution in [0.25, 0.3) is 10.8 Å². The normalized spacial score (nSPS) is 13.4. The average Bonchev–Trinajstić information content (AvgIpc) is 2.45. The summed E-state index contributed by atoms with van der Waals surface area (Å²) in [4.78, 5) is 0. The Balaban J connectivity index is 2.27. The van der Waals surface area contributed by atoms with Gasteiger partial charge in [-0.25, -0.2) is 0 Å². The molecule has 2 heteroatoms. The van der Waals surface area contributed by atoms with Crippen molar-refractivity contribution in [2.45, 2.75) is 45.7 Å².